The topological polar surface area (TPSA) is 31.4 Å². The quantitative estimate of drug-likeness (QED) is 0.742. The van der Waals surface area contributed by atoms with Crippen LogP contribution < -0.4 is 5.32 Å². The van der Waals surface area contributed by atoms with E-state index in [-0.39, 0.29) is 0 Å². The fourth-order valence-electron chi connectivity index (χ4n) is 4.24. The molecule has 3 heterocycles. The zero-order valence-electron chi connectivity index (χ0n) is 15.5. The summed E-state index contributed by atoms with van der Waals surface area (Å²) >= 11 is 0. The molecule has 0 amide bonds. The van der Waals surface area contributed by atoms with Gasteiger partial charge in [-0.2, -0.15) is 0 Å². The number of pyridine rings is 1. The lowest BCUT2D eigenvalue weighted by Crippen LogP contribution is -2.28. The molecule has 3 rings (SSSR count). The number of hydrogen-bond acceptors (Lipinski definition) is 4. The third kappa shape index (κ3) is 5.18. The first-order chi connectivity index (χ1) is 11.7. The zero-order chi connectivity index (χ0) is 16.8. The monoisotopic (exact) mass is 330 g/mol. The third-order valence-corrected chi connectivity index (χ3v) is 5.65. The van der Waals surface area contributed by atoms with Crippen LogP contribution in [0.1, 0.15) is 44.1 Å². The van der Waals surface area contributed by atoms with Crippen molar-refractivity contribution >= 4 is 5.82 Å². The van der Waals surface area contributed by atoms with Crippen molar-refractivity contribution in [1.29, 1.82) is 0 Å². The molecule has 0 spiro atoms. The molecule has 0 radical (unpaired) electrons. The van der Waals surface area contributed by atoms with Gasteiger partial charge in [0.1, 0.15) is 5.82 Å². The molecule has 134 valence electrons. The Morgan fingerprint density at radius 3 is 3.04 bits per heavy atom. The predicted molar refractivity (Wildman–Crippen MR) is 102 cm³/mol. The van der Waals surface area contributed by atoms with Crippen molar-refractivity contribution in [2.24, 2.45) is 5.92 Å². The van der Waals surface area contributed by atoms with Crippen LogP contribution >= 0.6 is 0 Å². The van der Waals surface area contributed by atoms with Crippen LogP contribution in [0.4, 0.5) is 5.82 Å². The highest BCUT2D eigenvalue weighted by molar-refractivity contribution is 5.46. The van der Waals surface area contributed by atoms with Gasteiger partial charge in [0.15, 0.2) is 0 Å². The molecule has 4 nitrogen and oxygen atoms in total. The van der Waals surface area contributed by atoms with E-state index in [0.717, 1.165) is 11.7 Å². The van der Waals surface area contributed by atoms with Crippen molar-refractivity contribution in [1.82, 2.24) is 14.8 Å². The minimum atomic E-state index is 0.624. The molecule has 0 aromatic carbocycles. The number of nitrogens with zero attached hydrogens (tertiary/aromatic N) is 3. The van der Waals surface area contributed by atoms with Gasteiger partial charge in [0.25, 0.3) is 0 Å². The van der Waals surface area contributed by atoms with Gasteiger partial charge in [0.05, 0.1) is 0 Å². The largest absolute Gasteiger partial charge is 0.367 e. The Kier molecular flexibility index (Phi) is 6.50. The van der Waals surface area contributed by atoms with E-state index in [1.807, 2.05) is 12.3 Å². The highest BCUT2D eigenvalue weighted by atomic mass is 15.1. The van der Waals surface area contributed by atoms with E-state index in [9.17, 15) is 0 Å². The number of aromatic nitrogens is 1. The summed E-state index contributed by atoms with van der Waals surface area (Å²) in [5.41, 5.74) is 1.38. The second-order valence-corrected chi connectivity index (χ2v) is 7.92. The number of fused-ring (bicyclic) bond motifs is 1. The summed E-state index contributed by atoms with van der Waals surface area (Å²) in [5, 5.41) is 3.62. The smallest absolute Gasteiger partial charge is 0.129 e. The Morgan fingerprint density at radius 2 is 2.21 bits per heavy atom. The molecule has 2 atom stereocenters. The van der Waals surface area contributed by atoms with Gasteiger partial charge in [0.2, 0.25) is 0 Å². The van der Waals surface area contributed by atoms with E-state index in [4.69, 9.17) is 0 Å². The number of unbranched alkanes of at least 4 members (excludes halogenated alkanes) is 2. The Labute approximate surface area is 147 Å². The third-order valence-electron chi connectivity index (χ3n) is 5.65. The first-order valence-corrected chi connectivity index (χ1v) is 9.78. The molecular weight excluding hydrogens is 296 g/mol. The van der Waals surface area contributed by atoms with Crippen LogP contribution in [-0.4, -0.2) is 61.1 Å². The molecule has 1 aromatic heterocycles. The number of hydrogen-bond donors (Lipinski definition) is 1. The maximum Gasteiger partial charge on any atom is 0.129 e. The van der Waals surface area contributed by atoms with Crippen molar-refractivity contribution in [2.45, 2.75) is 51.0 Å². The number of rotatable bonds is 8. The van der Waals surface area contributed by atoms with Crippen LogP contribution in [0.5, 0.6) is 0 Å². The molecule has 1 fully saturated rings. The normalized spacial score (nSPS) is 24.1. The molecule has 1 N–H and O–H groups in total. The van der Waals surface area contributed by atoms with Crippen LogP contribution in [0.2, 0.25) is 0 Å². The Balaban J connectivity index is 1.25. The molecule has 1 aromatic rings. The van der Waals surface area contributed by atoms with E-state index >= 15 is 0 Å². The molecule has 0 saturated carbocycles. The van der Waals surface area contributed by atoms with Crippen LogP contribution in [0.15, 0.2) is 18.3 Å². The molecular formula is C20H34N4. The summed E-state index contributed by atoms with van der Waals surface area (Å²) in [6.07, 6.45) is 11.0. The Hall–Kier alpha value is -1.13. The standard InChI is InChI=1S/C20H34N4/c1-23(15-17-11-14-24(2)16-17)13-5-3-4-8-19-10-9-18-7-6-12-21-20(18)22-19/h6-7,12,17,19H,3-5,8-11,13-16H2,1-2H3,(H,21,22)/t17-,19?/m0/s1. The molecule has 4 heteroatoms. The second-order valence-electron chi connectivity index (χ2n) is 7.92. The van der Waals surface area contributed by atoms with Gasteiger partial charge in [-0.1, -0.05) is 18.9 Å². The maximum atomic E-state index is 4.47. The highest BCUT2D eigenvalue weighted by Gasteiger charge is 2.20. The van der Waals surface area contributed by atoms with Gasteiger partial charge in [-0.05, 0) is 76.8 Å². The number of nitrogens with one attached hydrogen (secondary N) is 1. The summed E-state index contributed by atoms with van der Waals surface area (Å²) in [6, 6.07) is 4.86. The first-order valence-electron chi connectivity index (χ1n) is 9.78. The predicted octanol–water partition coefficient (Wildman–Crippen LogP) is 3.25. The fraction of sp³-hybridized carbons (Fsp3) is 0.750. The second kappa shape index (κ2) is 8.82. The lowest BCUT2D eigenvalue weighted by molar-refractivity contribution is 0.268. The molecule has 0 bridgehead atoms. The van der Waals surface area contributed by atoms with Crippen molar-refractivity contribution in [3.8, 4) is 0 Å². The molecule has 1 saturated heterocycles. The van der Waals surface area contributed by atoms with Gasteiger partial charge < -0.3 is 15.1 Å². The number of aryl methyl sites for hydroxylation is 1. The SMILES string of the molecule is CN(CCCCCC1CCc2cccnc2N1)C[C@@H]1CCN(C)C1. The van der Waals surface area contributed by atoms with E-state index in [2.05, 4.69) is 40.3 Å². The average Bonchev–Trinajstić information content (AvgIpc) is 2.99. The lowest BCUT2D eigenvalue weighted by atomic mass is 9.97. The first kappa shape index (κ1) is 17.7. The summed E-state index contributed by atoms with van der Waals surface area (Å²) in [7, 11) is 4.54. The van der Waals surface area contributed by atoms with Gasteiger partial charge in [-0.25, -0.2) is 4.98 Å². The molecule has 2 aliphatic heterocycles. The van der Waals surface area contributed by atoms with Crippen LogP contribution in [0, 0.1) is 5.92 Å². The summed E-state index contributed by atoms with van der Waals surface area (Å²) in [6.45, 7) is 5.09. The van der Waals surface area contributed by atoms with Crippen molar-refractivity contribution < 1.29 is 0 Å². The summed E-state index contributed by atoms with van der Waals surface area (Å²) in [5.74, 6) is 2.01. The molecule has 24 heavy (non-hydrogen) atoms. The zero-order valence-corrected chi connectivity index (χ0v) is 15.5. The van der Waals surface area contributed by atoms with Crippen molar-refractivity contribution in [2.75, 3.05) is 45.6 Å². The summed E-state index contributed by atoms with van der Waals surface area (Å²) < 4.78 is 0. The van der Waals surface area contributed by atoms with Gasteiger partial charge in [-0.3, -0.25) is 0 Å². The van der Waals surface area contributed by atoms with E-state index in [0.29, 0.717) is 6.04 Å². The summed E-state index contributed by atoms with van der Waals surface area (Å²) in [4.78, 5) is 9.48. The Bertz CT molecular complexity index is 504. The average molecular weight is 331 g/mol. The lowest BCUT2D eigenvalue weighted by Gasteiger charge is -2.26. The minimum Gasteiger partial charge on any atom is -0.367 e. The van der Waals surface area contributed by atoms with Crippen LogP contribution in [0.3, 0.4) is 0 Å². The van der Waals surface area contributed by atoms with Crippen LogP contribution in [0.25, 0.3) is 0 Å². The fourth-order valence-corrected chi connectivity index (χ4v) is 4.24. The van der Waals surface area contributed by atoms with Gasteiger partial charge in [0, 0.05) is 25.3 Å². The molecule has 2 aliphatic rings. The maximum absolute atomic E-state index is 4.47. The number of likely N-dealkylation sites (tertiary alicyclic amines) is 1. The van der Waals surface area contributed by atoms with E-state index in [1.54, 1.807) is 0 Å². The van der Waals surface area contributed by atoms with Crippen molar-refractivity contribution in [3.05, 3.63) is 23.9 Å². The van der Waals surface area contributed by atoms with Crippen molar-refractivity contribution in [3.63, 3.8) is 0 Å². The molecule has 0 aliphatic carbocycles. The van der Waals surface area contributed by atoms with E-state index in [1.165, 1.54) is 76.7 Å². The minimum absolute atomic E-state index is 0.624. The van der Waals surface area contributed by atoms with Gasteiger partial charge >= 0.3 is 0 Å². The van der Waals surface area contributed by atoms with E-state index < -0.39 is 0 Å². The molecule has 1 unspecified atom stereocenters. The number of anilines is 1. The van der Waals surface area contributed by atoms with Gasteiger partial charge in [-0.15, -0.1) is 0 Å². The van der Waals surface area contributed by atoms with Crippen LogP contribution in [-0.2, 0) is 6.42 Å². The Morgan fingerprint density at radius 1 is 1.29 bits per heavy atom. The highest BCUT2D eigenvalue weighted by Crippen LogP contribution is 2.24.